The zero-order chi connectivity index (χ0) is 10.6. The second-order valence-corrected chi connectivity index (χ2v) is 4.34. The van der Waals surface area contributed by atoms with Crippen LogP contribution in [0.3, 0.4) is 0 Å². The molecule has 15 heavy (non-hydrogen) atoms. The van der Waals surface area contributed by atoms with Gasteiger partial charge in [-0.25, -0.2) is 4.79 Å². The van der Waals surface area contributed by atoms with E-state index in [0.29, 0.717) is 5.75 Å². The summed E-state index contributed by atoms with van der Waals surface area (Å²) in [5.41, 5.74) is 0.143. The van der Waals surface area contributed by atoms with Gasteiger partial charge < -0.3 is 19.7 Å². The first kappa shape index (κ1) is 8.64. The van der Waals surface area contributed by atoms with Gasteiger partial charge in [-0.2, -0.15) is 0 Å². The molecule has 2 heterocycles. The van der Waals surface area contributed by atoms with Crippen LogP contribution in [0, 0.1) is 0 Å². The van der Waals surface area contributed by atoms with Crippen LogP contribution in [-0.2, 0) is 0 Å². The van der Waals surface area contributed by atoms with Gasteiger partial charge in [0.1, 0.15) is 17.1 Å². The van der Waals surface area contributed by atoms with E-state index in [9.17, 15) is 4.79 Å². The number of hydrogen-bond acceptors (Lipinski definition) is 3. The molecule has 5 heteroatoms. The third kappa shape index (κ3) is 1.19. The Labute approximate surface area is 86.6 Å². The molecule has 0 amide bonds. The van der Waals surface area contributed by atoms with Crippen molar-refractivity contribution >= 4 is 11.8 Å². The highest BCUT2D eigenvalue weighted by Gasteiger charge is 2.50. The van der Waals surface area contributed by atoms with Gasteiger partial charge in [0.15, 0.2) is 5.75 Å². The van der Waals surface area contributed by atoms with Gasteiger partial charge in [0, 0.05) is 13.1 Å². The number of anilines is 1. The molecule has 1 aromatic heterocycles. The van der Waals surface area contributed by atoms with Gasteiger partial charge in [-0.05, 0) is 12.8 Å². The van der Waals surface area contributed by atoms with Crippen LogP contribution in [0.4, 0.5) is 5.82 Å². The summed E-state index contributed by atoms with van der Waals surface area (Å²) in [5, 5.41) is 8.86. The van der Waals surface area contributed by atoms with Crippen LogP contribution in [0.5, 0.6) is 5.75 Å². The highest BCUT2D eigenvalue weighted by molar-refractivity contribution is 5.88. The summed E-state index contributed by atoms with van der Waals surface area (Å²) in [7, 11) is 1.95. The third-order valence-electron chi connectivity index (χ3n) is 3.03. The number of nitrogens with one attached hydrogen (secondary N) is 1. The molecule has 2 aliphatic rings. The minimum absolute atomic E-state index is 0.0419. The molecule has 1 aliphatic heterocycles. The number of hydrogen-bond donors (Lipinski definition) is 2. The van der Waals surface area contributed by atoms with E-state index < -0.39 is 5.97 Å². The first-order valence-electron chi connectivity index (χ1n) is 4.96. The van der Waals surface area contributed by atoms with Crippen LogP contribution in [0.25, 0.3) is 0 Å². The van der Waals surface area contributed by atoms with E-state index in [4.69, 9.17) is 9.84 Å². The molecule has 1 saturated carbocycles. The Hall–Kier alpha value is -1.65. The van der Waals surface area contributed by atoms with E-state index in [1.54, 1.807) is 6.07 Å². The highest BCUT2D eigenvalue weighted by atomic mass is 16.5. The van der Waals surface area contributed by atoms with Crippen LogP contribution in [0.1, 0.15) is 23.3 Å². The number of carboxylic acid groups (broad SMARTS) is 1. The molecule has 80 valence electrons. The first-order chi connectivity index (χ1) is 7.10. The van der Waals surface area contributed by atoms with Gasteiger partial charge in [-0.1, -0.05) is 0 Å². The Morgan fingerprint density at radius 3 is 3.00 bits per heavy atom. The quantitative estimate of drug-likeness (QED) is 0.724. The predicted molar refractivity (Wildman–Crippen MR) is 53.6 cm³/mol. The molecule has 0 atom stereocenters. The summed E-state index contributed by atoms with van der Waals surface area (Å²) in [6, 6.07) is 1.56. The van der Waals surface area contributed by atoms with Crippen LogP contribution in [0.15, 0.2) is 6.07 Å². The zero-order valence-electron chi connectivity index (χ0n) is 8.41. The van der Waals surface area contributed by atoms with E-state index in [1.807, 2.05) is 11.9 Å². The topological polar surface area (TPSA) is 65.6 Å². The molecule has 1 fully saturated rings. The van der Waals surface area contributed by atoms with E-state index in [1.165, 1.54) is 0 Å². The number of aromatic carboxylic acids is 1. The molecule has 0 radical (unpaired) electrons. The Morgan fingerprint density at radius 2 is 2.40 bits per heavy atom. The maximum absolute atomic E-state index is 10.8. The van der Waals surface area contributed by atoms with Crippen molar-refractivity contribution in [3.63, 3.8) is 0 Å². The van der Waals surface area contributed by atoms with Crippen molar-refractivity contribution in [2.24, 2.45) is 0 Å². The standard InChI is InChI=1S/C10H12N2O3/c1-12-5-10(2-3-10)15-7-4-6(9(13)14)11-8(7)12/h4,11H,2-3,5H2,1H3,(H,13,14). The number of aromatic nitrogens is 1. The van der Waals surface area contributed by atoms with E-state index in [0.717, 1.165) is 25.2 Å². The number of carboxylic acids is 1. The van der Waals surface area contributed by atoms with E-state index in [2.05, 4.69) is 4.98 Å². The third-order valence-corrected chi connectivity index (χ3v) is 3.03. The van der Waals surface area contributed by atoms with Crippen molar-refractivity contribution < 1.29 is 14.6 Å². The lowest BCUT2D eigenvalue weighted by atomic mass is 10.2. The maximum atomic E-state index is 10.8. The molecule has 0 saturated heterocycles. The molecular weight excluding hydrogens is 196 g/mol. The van der Waals surface area contributed by atoms with Gasteiger partial charge in [0.25, 0.3) is 0 Å². The number of rotatable bonds is 1. The average Bonchev–Trinajstić information content (AvgIpc) is 2.76. The number of ether oxygens (including phenoxy) is 1. The number of likely N-dealkylation sites (N-methyl/N-ethyl adjacent to an activating group) is 1. The number of aromatic amines is 1. The molecule has 3 rings (SSSR count). The Kier molecular flexibility index (Phi) is 1.43. The Balaban J connectivity index is 2.02. The highest BCUT2D eigenvalue weighted by Crippen LogP contribution is 2.47. The Morgan fingerprint density at radius 1 is 1.67 bits per heavy atom. The molecule has 1 aliphatic carbocycles. The van der Waals surface area contributed by atoms with Crippen LogP contribution in [0.2, 0.25) is 0 Å². The number of carbonyl (C=O) groups is 1. The van der Waals surface area contributed by atoms with Crippen LogP contribution < -0.4 is 9.64 Å². The van der Waals surface area contributed by atoms with Crippen molar-refractivity contribution in [3.8, 4) is 5.75 Å². The molecule has 0 aromatic carbocycles. The minimum Gasteiger partial charge on any atom is -0.482 e. The maximum Gasteiger partial charge on any atom is 0.352 e. The van der Waals surface area contributed by atoms with Crippen molar-refractivity contribution in [2.75, 3.05) is 18.5 Å². The van der Waals surface area contributed by atoms with Gasteiger partial charge in [0.05, 0.1) is 6.54 Å². The number of nitrogens with zero attached hydrogens (tertiary/aromatic N) is 1. The van der Waals surface area contributed by atoms with Crippen molar-refractivity contribution in [1.29, 1.82) is 0 Å². The molecule has 2 N–H and O–H groups in total. The SMILES string of the molecule is CN1CC2(CC2)Oc2cc(C(=O)O)[nH]c21. The van der Waals surface area contributed by atoms with Crippen molar-refractivity contribution in [1.82, 2.24) is 4.98 Å². The summed E-state index contributed by atoms with van der Waals surface area (Å²) >= 11 is 0. The molecule has 1 aromatic rings. The summed E-state index contributed by atoms with van der Waals surface area (Å²) in [6.45, 7) is 0.833. The zero-order valence-corrected chi connectivity index (χ0v) is 8.41. The van der Waals surface area contributed by atoms with Gasteiger partial charge >= 0.3 is 5.97 Å². The van der Waals surface area contributed by atoms with Gasteiger partial charge in [-0.15, -0.1) is 0 Å². The average molecular weight is 208 g/mol. The summed E-state index contributed by atoms with van der Waals surface area (Å²) < 4.78 is 5.80. The first-order valence-corrected chi connectivity index (χ1v) is 4.96. The van der Waals surface area contributed by atoms with E-state index in [-0.39, 0.29) is 11.3 Å². The molecular formula is C10H12N2O3. The van der Waals surface area contributed by atoms with E-state index >= 15 is 0 Å². The number of H-pyrrole nitrogens is 1. The fraction of sp³-hybridized carbons (Fsp3) is 0.500. The minimum atomic E-state index is -0.953. The number of fused-ring (bicyclic) bond motifs is 1. The molecule has 0 unspecified atom stereocenters. The summed E-state index contributed by atoms with van der Waals surface area (Å²) in [5.74, 6) is 0.481. The van der Waals surface area contributed by atoms with Crippen LogP contribution in [-0.4, -0.2) is 35.3 Å². The van der Waals surface area contributed by atoms with Crippen molar-refractivity contribution in [3.05, 3.63) is 11.8 Å². The summed E-state index contributed by atoms with van der Waals surface area (Å²) in [4.78, 5) is 15.7. The lowest BCUT2D eigenvalue weighted by Gasteiger charge is -2.31. The lowest BCUT2D eigenvalue weighted by Crippen LogP contribution is -2.39. The summed E-state index contributed by atoms with van der Waals surface area (Å²) in [6.07, 6.45) is 2.12. The monoisotopic (exact) mass is 208 g/mol. The van der Waals surface area contributed by atoms with Crippen molar-refractivity contribution in [2.45, 2.75) is 18.4 Å². The second-order valence-electron chi connectivity index (χ2n) is 4.34. The largest absolute Gasteiger partial charge is 0.482 e. The predicted octanol–water partition coefficient (Wildman–Crippen LogP) is 1.07. The van der Waals surface area contributed by atoms with Gasteiger partial charge in [-0.3, -0.25) is 0 Å². The fourth-order valence-electron chi connectivity index (χ4n) is 2.08. The normalized spacial score (nSPS) is 21.0. The Bertz CT molecular complexity index is 434. The molecule has 0 bridgehead atoms. The molecule has 1 spiro atoms. The fourth-order valence-corrected chi connectivity index (χ4v) is 2.08. The van der Waals surface area contributed by atoms with Crippen LogP contribution >= 0.6 is 0 Å². The second kappa shape index (κ2) is 2.48. The van der Waals surface area contributed by atoms with Gasteiger partial charge in [0.2, 0.25) is 0 Å². The smallest absolute Gasteiger partial charge is 0.352 e. The lowest BCUT2D eigenvalue weighted by molar-refractivity contribution is 0.0691. The molecule has 5 nitrogen and oxygen atoms in total.